The lowest BCUT2D eigenvalue weighted by Crippen LogP contribution is -2.06. The van der Waals surface area contributed by atoms with Gasteiger partial charge in [-0.2, -0.15) is 13.2 Å². The molecule has 1 aliphatic rings. The Hall–Kier alpha value is -0.470. The summed E-state index contributed by atoms with van der Waals surface area (Å²) in [4.78, 5) is 0. The Balaban J connectivity index is 1.94. The van der Waals surface area contributed by atoms with Crippen molar-refractivity contribution in [2.45, 2.75) is 25.4 Å². The second-order valence-electron chi connectivity index (χ2n) is 2.56. The number of allylic oxidation sites excluding steroid dienone is 2. The van der Waals surface area contributed by atoms with Crippen molar-refractivity contribution in [2.24, 2.45) is 5.92 Å². The first-order chi connectivity index (χ1) is 4.58. The number of halogens is 3. The van der Waals surface area contributed by atoms with E-state index in [0.717, 1.165) is 0 Å². The summed E-state index contributed by atoms with van der Waals surface area (Å²) in [5.74, 6) is 0.377. The van der Waals surface area contributed by atoms with Gasteiger partial charge < -0.3 is 0 Å². The average molecular weight is 150 g/mol. The standard InChI is InChI=1S/C7H9F3/c8-7(9,10)5-1-2-6-3-4-6/h3-4,6H,1-2,5H2. The van der Waals surface area contributed by atoms with E-state index in [9.17, 15) is 13.2 Å². The zero-order valence-electron chi connectivity index (χ0n) is 5.49. The molecular weight excluding hydrogens is 141 g/mol. The Morgan fingerprint density at radius 2 is 1.80 bits per heavy atom. The maximum absolute atomic E-state index is 11.5. The molecule has 0 N–H and O–H groups in total. The molecule has 58 valence electrons. The molecule has 0 atom stereocenters. The largest absolute Gasteiger partial charge is 0.389 e. The van der Waals surface area contributed by atoms with Gasteiger partial charge in [-0.25, -0.2) is 0 Å². The molecule has 0 fully saturated rings. The molecule has 0 aliphatic heterocycles. The Bertz CT molecular complexity index is 128. The van der Waals surface area contributed by atoms with Gasteiger partial charge in [0, 0.05) is 6.42 Å². The molecule has 10 heavy (non-hydrogen) atoms. The molecule has 0 heterocycles. The van der Waals surface area contributed by atoms with Crippen LogP contribution < -0.4 is 0 Å². The highest BCUT2D eigenvalue weighted by molar-refractivity contribution is 5.12. The van der Waals surface area contributed by atoms with Crippen LogP contribution >= 0.6 is 0 Å². The van der Waals surface area contributed by atoms with Crippen LogP contribution in [0.1, 0.15) is 19.3 Å². The summed E-state index contributed by atoms with van der Waals surface area (Å²) in [6.45, 7) is 0. The van der Waals surface area contributed by atoms with Crippen LogP contribution in [-0.4, -0.2) is 6.18 Å². The van der Waals surface area contributed by atoms with Crippen molar-refractivity contribution in [1.82, 2.24) is 0 Å². The van der Waals surface area contributed by atoms with Crippen LogP contribution in [0.3, 0.4) is 0 Å². The molecular formula is C7H9F3. The van der Waals surface area contributed by atoms with Crippen LogP contribution in [-0.2, 0) is 0 Å². The smallest absolute Gasteiger partial charge is 0.171 e. The highest BCUT2D eigenvalue weighted by Crippen LogP contribution is 2.27. The van der Waals surface area contributed by atoms with Gasteiger partial charge in [-0.15, -0.1) is 0 Å². The topological polar surface area (TPSA) is 0 Å². The van der Waals surface area contributed by atoms with E-state index >= 15 is 0 Å². The zero-order chi connectivity index (χ0) is 7.61. The van der Waals surface area contributed by atoms with Crippen molar-refractivity contribution in [1.29, 1.82) is 0 Å². The Morgan fingerprint density at radius 1 is 1.20 bits per heavy atom. The summed E-state index contributed by atoms with van der Waals surface area (Å²) in [6, 6.07) is 0. The third-order valence-electron chi connectivity index (χ3n) is 1.46. The molecule has 3 heteroatoms. The Kier molecular flexibility index (Phi) is 2.02. The Morgan fingerprint density at radius 3 is 2.20 bits per heavy atom. The summed E-state index contributed by atoms with van der Waals surface area (Å²) in [5.41, 5.74) is 0. The van der Waals surface area contributed by atoms with Crippen LogP contribution in [0, 0.1) is 5.92 Å². The normalized spacial score (nSPS) is 17.9. The summed E-state index contributed by atoms with van der Waals surface area (Å²) in [6.07, 6.45) is 0.188. The maximum atomic E-state index is 11.5. The van der Waals surface area contributed by atoms with Gasteiger partial charge in [0.1, 0.15) is 0 Å². The highest BCUT2D eigenvalue weighted by atomic mass is 19.4. The van der Waals surface area contributed by atoms with Crippen molar-refractivity contribution < 1.29 is 13.2 Å². The molecule has 0 spiro atoms. The number of hydrogen-bond acceptors (Lipinski definition) is 0. The van der Waals surface area contributed by atoms with Crippen molar-refractivity contribution in [3.05, 3.63) is 12.2 Å². The van der Waals surface area contributed by atoms with Gasteiger partial charge in [0.15, 0.2) is 0 Å². The fourth-order valence-corrected chi connectivity index (χ4v) is 0.809. The fourth-order valence-electron chi connectivity index (χ4n) is 0.809. The van der Waals surface area contributed by atoms with Crippen LogP contribution in [0.15, 0.2) is 12.2 Å². The van der Waals surface area contributed by atoms with Gasteiger partial charge in [-0.3, -0.25) is 0 Å². The molecule has 0 aromatic heterocycles. The van der Waals surface area contributed by atoms with Crippen molar-refractivity contribution in [2.75, 3.05) is 0 Å². The van der Waals surface area contributed by atoms with E-state index in [2.05, 4.69) is 0 Å². The van der Waals surface area contributed by atoms with Gasteiger partial charge in [-0.1, -0.05) is 12.2 Å². The van der Waals surface area contributed by atoms with E-state index in [1.54, 1.807) is 0 Å². The van der Waals surface area contributed by atoms with Crippen molar-refractivity contribution in [3.8, 4) is 0 Å². The molecule has 0 unspecified atom stereocenters. The highest BCUT2D eigenvalue weighted by Gasteiger charge is 2.26. The second-order valence-corrected chi connectivity index (χ2v) is 2.56. The maximum Gasteiger partial charge on any atom is 0.389 e. The third kappa shape index (κ3) is 3.54. The van der Waals surface area contributed by atoms with Crippen LogP contribution in [0.5, 0.6) is 0 Å². The van der Waals surface area contributed by atoms with Crippen molar-refractivity contribution >= 4 is 0 Å². The van der Waals surface area contributed by atoms with Gasteiger partial charge >= 0.3 is 6.18 Å². The fraction of sp³-hybridized carbons (Fsp3) is 0.714. The molecule has 0 nitrogen and oxygen atoms in total. The zero-order valence-corrected chi connectivity index (χ0v) is 5.49. The molecule has 0 bridgehead atoms. The second kappa shape index (κ2) is 2.64. The minimum absolute atomic E-state index is 0.265. The minimum atomic E-state index is -3.96. The molecule has 1 aliphatic carbocycles. The van der Waals surface area contributed by atoms with Gasteiger partial charge in [0.2, 0.25) is 0 Å². The minimum Gasteiger partial charge on any atom is -0.171 e. The van der Waals surface area contributed by atoms with E-state index in [1.165, 1.54) is 0 Å². The van der Waals surface area contributed by atoms with Crippen LogP contribution in [0.4, 0.5) is 13.2 Å². The quantitative estimate of drug-likeness (QED) is 0.542. The first-order valence-corrected chi connectivity index (χ1v) is 3.33. The molecule has 0 saturated heterocycles. The van der Waals surface area contributed by atoms with Crippen LogP contribution in [0.2, 0.25) is 0 Å². The number of alkyl halides is 3. The molecule has 0 aromatic rings. The molecule has 0 amide bonds. The lowest BCUT2D eigenvalue weighted by atomic mass is 10.1. The first-order valence-electron chi connectivity index (χ1n) is 3.33. The first kappa shape index (κ1) is 7.63. The van der Waals surface area contributed by atoms with Crippen molar-refractivity contribution in [3.63, 3.8) is 0 Å². The van der Waals surface area contributed by atoms with Gasteiger partial charge in [-0.05, 0) is 18.8 Å². The summed E-state index contributed by atoms with van der Waals surface area (Å²) >= 11 is 0. The summed E-state index contributed by atoms with van der Waals surface area (Å²) in [7, 11) is 0. The predicted octanol–water partition coefficient (Wildman–Crippen LogP) is 2.91. The number of hydrogen-bond donors (Lipinski definition) is 0. The Labute approximate surface area is 57.7 Å². The van der Waals surface area contributed by atoms with E-state index in [1.807, 2.05) is 12.2 Å². The van der Waals surface area contributed by atoms with Gasteiger partial charge in [0.05, 0.1) is 0 Å². The van der Waals surface area contributed by atoms with E-state index in [4.69, 9.17) is 0 Å². The average Bonchev–Trinajstić information content (AvgIpc) is 2.45. The molecule has 1 rings (SSSR count). The summed E-state index contributed by atoms with van der Waals surface area (Å²) < 4.78 is 34.5. The monoisotopic (exact) mass is 150 g/mol. The van der Waals surface area contributed by atoms with E-state index in [-0.39, 0.29) is 6.42 Å². The SMILES string of the molecule is FC(F)(F)CCCC1C=C1. The molecule has 0 aromatic carbocycles. The van der Waals surface area contributed by atoms with Crippen LogP contribution in [0.25, 0.3) is 0 Å². The lowest BCUT2D eigenvalue weighted by Gasteiger charge is -2.04. The molecule has 0 saturated carbocycles. The van der Waals surface area contributed by atoms with E-state index < -0.39 is 12.6 Å². The molecule has 0 radical (unpaired) electrons. The van der Waals surface area contributed by atoms with E-state index in [0.29, 0.717) is 12.3 Å². The van der Waals surface area contributed by atoms with Gasteiger partial charge in [0.25, 0.3) is 0 Å². The summed E-state index contributed by atoms with van der Waals surface area (Å²) in [5, 5.41) is 0. The third-order valence-corrected chi connectivity index (χ3v) is 1.46. The lowest BCUT2D eigenvalue weighted by molar-refractivity contribution is -0.135. The predicted molar refractivity (Wildman–Crippen MR) is 32.5 cm³/mol. The number of rotatable bonds is 3.